The molecule has 8 heteroatoms. The molecule has 0 aromatic carbocycles. The van der Waals surface area contributed by atoms with Gasteiger partial charge in [0.2, 0.25) is 5.91 Å². The van der Waals surface area contributed by atoms with Crippen molar-refractivity contribution in [3.05, 3.63) is 48.6 Å². The third kappa shape index (κ3) is 18.9. The molecule has 0 aliphatic rings. The number of aliphatic hydroxyl groups is 1. The summed E-state index contributed by atoms with van der Waals surface area (Å²) in [6, 6.07) is -1.07. The van der Waals surface area contributed by atoms with E-state index in [1.807, 2.05) is 24.3 Å². The number of carboxylic acid groups (broad SMARTS) is 2. The minimum Gasteiger partial charge on any atom is -0.481 e. The van der Waals surface area contributed by atoms with Crippen molar-refractivity contribution in [2.75, 3.05) is 5.75 Å². The van der Waals surface area contributed by atoms with Crippen LogP contribution in [-0.4, -0.2) is 56.3 Å². The Kier molecular flexibility index (Phi) is 18.9. The van der Waals surface area contributed by atoms with E-state index in [4.69, 9.17) is 5.11 Å². The number of aliphatic hydroxyl groups excluding tert-OH is 1. The molecule has 0 fully saturated rings. The maximum atomic E-state index is 11.3. The van der Waals surface area contributed by atoms with Crippen LogP contribution in [0.4, 0.5) is 0 Å². The first-order valence-corrected chi connectivity index (χ1v) is 12.5. The van der Waals surface area contributed by atoms with Crippen LogP contribution in [0.2, 0.25) is 0 Å². The van der Waals surface area contributed by atoms with Gasteiger partial charge in [0.15, 0.2) is 0 Å². The van der Waals surface area contributed by atoms with Crippen LogP contribution in [0, 0.1) is 0 Å². The summed E-state index contributed by atoms with van der Waals surface area (Å²) in [4.78, 5) is 33.3. The van der Waals surface area contributed by atoms with Gasteiger partial charge in [0.05, 0.1) is 6.10 Å². The summed E-state index contributed by atoms with van der Waals surface area (Å²) in [7, 11) is 0. The minimum absolute atomic E-state index is 0.0421. The van der Waals surface area contributed by atoms with E-state index in [-0.39, 0.29) is 18.6 Å². The van der Waals surface area contributed by atoms with Crippen LogP contribution in [0.25, 0.3) is 0 Å². The monoisotopic (exact) mass is 481 g/mol. The Morgan fingerprint density at radius 3 is 2.33 bits per heavy atom. The van der Waals surface area contributed by atoms with Gasteiger partial charge in [-0.05, 0) is 32.1 Å². The Labute approximate surface area is 201 Å². The second-order valence-electron chi connectivity index (χ2n) is 7.64. The van der Waals surface area contributed by atoms with Gasteiger partial charge in [-0.15, -0.1) is 11.8 Å². The number of allylic oxidation sites excluding steroid dienone is 7. The van der Waals surface area contributed by atoms with Crippen LogP contribution in [0.5, 0.6) is 0 Å². The Morgan fingerprint density at radius 2 is 1.70 bits per heavy atom. The Morgan fingerprint density at radius 1 is 0.970 bits per heavy atom. The molecule has 0 spiro atoms. The number of rotatable bonds is 19. The van der Waals surface area contributed by atoms with Gasteiger partial charge in [-0.3, -0.25) is 9.59 Å². The lowest BCUT2D eigenvalue weighted by atomic mass is 10.1. The lowest BCUT2D eigenvalue weighted by Crippen LogP contribution is -2.42. The van der Waals surface area contributed by atoms with Gasteiger partial charge in [-0.2, -0.15) is 0 Å². The predicted octanol–water partition coefficient (Wildman–Crippen LogP) is 4.49. The molecule has 186 valence electrons. The van der Waals surface area contributed by atoms with Crippen molar-refractivity contribution < 1.29 is 29.7 Å². The number of carbonyl (C=O) groups is 3. The summed E-state index contributed by atoms with van der Waals surface area (Å²) in [5.74, 6) is -2.44. The van der Waals surface area contributed by atoms with Crippen molar-refractivity contribution in [2.45, 2.75) is 82.6 Å². The molecule has 33 heavy (non-hydrogen) atoms. The molecule has 1 amide bonds. The van der Waals surface area contributed by atoms with Crippen LogP contribution < -0.4 is 5.32 Å². The number of hydrogen-bond donors (Lipinski definition) is 4. The van der Waals surface area contributed by atoms with Crippen molar-refractivity contribution in [3.8, 4) is 0 Å². The number of unbranched alkanes of at least 4 members (excludes halogenated alkanes) is 3. The van der Waals surface area contributed by atoms with Crippen molar-refractivity contribution >= 4 is 29.6 Å². The largest absolute Gasteiger partial charge is 0.481 e. The molecule has 0 saturated heterocycles. The zero-order valence-corrected chi connectivity index (χ0v) is 20.5. The quantitative estimate of drug-likeness (QED) is 0.122. The van der Waals surface area contributed by atoms with Gasteiger partial charge in [-0.25, -0.2) is 4.79 Å². The molecule has 0 radical (unpaired) electrons. The number of nitrogens with one attached hydrogen (secondary N) is 1. The standard InChI is InChI=1S/C25H39NO6S/c1-3-4-5-6-7-8-9-10-11-12-13-14-17-23(22(28)16-15-18-24(29)30)33-19-21(25(31)32)26-20(2)27/h7-8,10-14,17,21-23,28H,3-6,9,15-16,18-19H2,1-2H3,(H,26,27)(H,29,30)(H,31,32)/b8-7-,11-10+,13-12+,17-14-/t21-,22-,23+/m0/s1. The third-order valence-corrected chi connectivity index (χ3v) is 5.97. The van der Waals surface area contributed by atoms with E-state index in [0.717, 1.165) is 12.8 Å². The minimum atomic E-state index is -1.15. The number of thioether (sulfide) groups is 1. The van der Waals surface area contributed by atoms with Crippen LogP contribution in [-0.2, 0) is 14.4 Å². The van der Waals surface area contributed by atoms with Gasteiger partial charge in [0, 0.05) is 24.3 Å². The van der Waals surface area contributed by atoms with Crippen LogP contribution in [0.1, 0.15) is 65.2 Å². The smallest absolute Gasteiger partial charge is 0.327 e. The molecule has 0 bridgehead atoms. The van der Waals surface area contributed by atoms with Gasteiger partial charge >= 0.3 is 11.9 Å². The molecule has 4 N–H and O–H groups in total. The zero-order valence-electron chi connectivity index (χ0n) is 19.7. The first-order valence-electron chi connectivity index (χ1n) is 11.4. The van der Waals surface area contributed by atoms with E-state index >= 15 is 0 Å². The first-order chi connectivity index (χ1) is 15.8. The molecule has 0 rings (SSSR count). The van der Waals surface area contributed by atoms with Crippen LogP contribution >= 0.6 is 11.8 Å². The molecule has 0 aromatic rings. The van der Waals surface area contributed by atoms with E-state index in [0.29, 0.717) is 6.42 Å². The first kappa shape index (κ1) is 30.7. The summed E-state index contributed by atoms with van der Waals surface area (Å²) in [5.41, 5.74) is 0. The lowest BCUT2D eigenvalue weighted by molar-refractivity contribution is -0.140. The van der Waals surface area contributed by atoms with E-state index < -0.39 is 35.2 Å². The number of amides is 1. The fraction of sp³-hybridized carbons (Fsp3) is 0.560. The van der Waals surface area contributed by atoms with Gasteiger partial charge in [-0.1, -0.05) is 68.4 Å². The topological polar surface area (TPSA) is 124 Å². The maximum absolute atomic E-state index is 11.3. The normalized spacial score (nSPS) is 14.9. The van der Waals surface area contributed by atoms with Crippen molar-refractivity contribution in [1.82, 2.24) is 5.32 Å². The average molecular weight is 482 g/mol. The average Bonchev–Trinajstić information content (AvgIpc) is 2.74. The highest BCUT2D eigenvalue weighted by Crippen LogP contribution is 2.21. The van der Waals surface area contributed by atoms with Gasteiger partial charge in [0.25, 0.3) is 0 Å². The summed E-state index contributed by atoms with van der Waals surface area (Å²) in [6.45, 7) is 3.44. The van der Waals surface area contributed by atoms with E-state index in [1.165, 1.54) is 37.9 Å². The van der Waals surface area contributed by atoms with Crippen molar-refractivity contribution in [3.63, 3.8) is 0 Å². The molecular weight excluding hydrogens is 442 g/mol. The van der Waals surface area contributed by atoms with Crippen LogP contribution in [0.15, 0.2) is 48.6 Å². The SMILES string of the molecule is CCCCC/C=C\C/C=C/C=C/C=C\[C@@H](SC[C@H](NC(C)=O)C(=O)O)[C@@H](O)CCCC(=O)O. The van der Waals surface area contributed by atoms with E-state index in [9.17, 15) is 24.6 Å². The number of aliphatic carboxylic acids is 2. The molecule has 0 heterocycles. The fourth-order valence-corrected chi connectivity index (χ4v) is 4.01. The van der Waals surface area contributed by atoms with E-state index in [2.05, 4.69) is 24.4 Å². The Bertz CT molecular complexity index is 686. The summed E-state index contributed by atoms with van der Waals surface area (Å²) in [6.07, 6.45) is 20.9. The maximum Gasteiger partial charge on any atom is 0.327 e. The predicted molar refractivity (Wildman–Crippen MR) is 134 cm³/mol. The van der Waals surface area contributed by atoms with Gasteiger partial charge < -0.3 is 20.6 Å². The third-order valence-electron chi connectivity index (χ3n) is 4.58. The second-order valence-corrected chi connectivity index (χ2v) is 8.85. The second kappa shape index (κ2) is 20.3. The molecular formula is C25H39NO6S. The highest BCUT2D eigenvalue weighted by Gasteiger charge is 2.23. The molecule has 0 aliphatic heterocycles. The van der Waals surface area contributed by atoms with Crippen molar-refractivity contribution in [1.29, 1.82) is 0 Å². The lowest BCUT2D eigenvalue weighted by Gasteiger charge is -2.21. The van der Waals surface area contributed by atoms with Crippen LogP contribution in [0.3, 0.4) is 0 Å². The summed E-state index contributed by atoms with van der Waals surface area (Å²) < 4.78 is 0. The molecule has 3 atom stereocenters. The molecule has 0 aromatic heterocycles. The molecule has 7 nitrogen and oxygen atoms in total. The van der Waals surface area contributed by atoms with E-state index in [1.54, 1.807) is 12.2 Å². The number of hydrogen-bond acceptors (Lipinski definition) is 5. The number of carboxylic acids is 2. The molecule has 0 aliphatic carbocycles. The molecule has 0 saturated carbocycles. The number of carbonyl (C=O) groups excluding carboxylic acids is 1. The highest BCUT2D eigenvalue weighted by molar-refractivity contribution is 8.00. The fourth-order valence-electron chi connectivity index (χ4n) is 2.81. The Hall–Kier alpha value is -2.32. The van der Waals surface area contributed by atoms with Crippen molar-refractivity contribution in [2.24, 2.45) is 0 Å². The molecule has 0 unspecified atom stereocenters. The highest BCUT2D eigenvalue weighted by atomic mass is 32.2. The zero-order chi connectivity index (χ0) is 24.9. The Balaban J connectivity index is 4.78. The summed E-state index contributed by atoms with van der Waals surface area (Å²) >= 11 is 1.21. The summed E-state index contributed by atoms with van der Waals surface area (Å²) in [5, 5.41) is 30.5. The van der Waals surface area contributed by atoms with Gasteiger partial charge in [0.1, 0.15) is 6.04 Å².